The first-order chi connectivity index (χ1) is 9.81. The molecule has 3 N–H and O–H groups in total. The van der Waals surface area contributed by atoms with E-state index in [0.29, 0.717) is 17.6 Å². The zero-order chi connectivity index (χ0) is 13.5. The van der Waals surface area contributed by atoms with Crippen LogP contribution in [-0.4, -0.2) is 57.1 Å². The van der Waals surface area contributed by atoms with Crippen LogP contribution in [0.3, 0.4) is 0 Å². The fraction of sp³-hybridized carbons (Fsp3) is 0.615. The summed E-state index contributed by atoms with van der Waals surface area (Å²) in [6.07, 6.45) is 5.60. The van der Waals surface area contributed by atoms with Gasteiger partial charge in [-0.3, -0.25) is 4.90 Å². The van der Waals surface area contributed by atoms with Crippen LogP contribution in [0, 0.1) is 0 Å². The lowest BCUT2D eigenvalue weighted by Crippen LogP contribution is -2.55. The molecule has 2 aliphatic heterocycles. The second kappa shape index (κ2) is 4.59. The van der Waals surface area contributed by atoms with Gasteiger partial charge in [-0.15, -0.1) is 0 Å². The van der Waals surface area contributed by atoms with Crippen molar-refractivity contribution in [3.05, 3.63) is 6.33 Å². The van der Waals surface area contributed by atoms with Crippen LogP contribution < -0.4 is 10.6 Å². The lowest BCUT2D eigenvalue weighted by atomic mass is 9.99. The number of aromatic nitrogens is 4. The second-order valence-electron chi connectivity index (χ2n) is 5.64. The standard InChI is InChI=1S/C13H19N7/c14-13-17-11-10(15-8-16-11)12(18-13)20-6-5-19-4-2-1-3-9(19)7-20/h8-9H,1-7H2,(H3,14,15,16,17,18). The summed E-state index contributed by atoms with van der Waals surface area (Å²) in [5, 5.41) is 0. The molecule has 0 spiro atoms. The molecule has 0 aliphatic carbocycles. The zero-order valence-corrected chi connectivity index (χ0v) is 11.4. The summed E-state index contributed by atoms with van der Waals surface area (Å²) in [5.74, 6) is 1.20. The van der Waals surface area contributed by atoms with E-state index >= 15 is 0 Å². The van der Waals surface area contributed by atoms with Crippen LogP contribution in [0.2, 0.25) is 0 Å². The first-order valence-electron chi connectivity index (χ1n) is 7.27. The highest BCUT2D eigenvalue weighted by atomic mass is 15.3. The highest BCUT2D eigenvalue weighted by molar-refractivity contribution is 5.84. The van der Waals surface area contributed by atoms with E-state index in [-0.39, 0.29) is 0 Å². The molecule has 7 nitrogen and oxygen atoms in total. The molecule has 4 heterocycles. The lowest BCUT2D eigenvalue weighted by molar-refractivity contribution is 0.133. The molecule has 2 fully saturated rings. The third kappa shape index (κ3) is 1.89. The number of fused-ring (bicyclic) bond motifs is 2. The van der Waals surface area contributed by atoms with E-state index in [1.807, 2.05) is 0 Å². The SMILES string of the molecule is Nc1nc(N2CCN3CCCCC3C2)c2[nH]cnc2n1. The summed E-state index contributed by atoms with van der Waals surface area (Å²) in [6.45, 7) is 4.35. The van der Waals surface area contributed by atoms with Gasteiger partial charge in [-0.1, -0.05) is 6.42 Å². The third-order valence-electron chi connectivity index (χ3n) is 4.42. The second-order valence-corrected chi connectivity index (χ2v) is 5.64. The van der Waals surface area contributed by atoms with Gasteiger partial charge in [0.05, 0.1) is 6.33 Å². The maximum absolute atomic E-state index is 5.81. The number of hydrogen-bond acceptors (Lipinski definition) is 6. The van der Waals surface area contributed by atoms with E-state index in [0.717, 1.165) is 31.0 Å². The molecule has 2 aliphatic rings. The summed E-state index contributed by atoms with van der Waals surface area (Å²) >= 11 is 0. The van der Waals surface area contributed by atoms with Gasteiger partial charge in [0.1, 0.15) is 5.52 Å². The topological polar surface area (TPSA) is 87.0 Å². The van der Waals surface area contributed by atoms with Crippen molar-refractivity contribution in [1.29, 1.82) is 0 Å². The molecular formula is C13H19N7. The van der Waals surface area contributed by atoms with Crippen LogP contribution in [-0.2, 0) is 0 Å². The quantitative estimate of drug-likeness (QED) is 0.791. The van der Waals surface area contributed by atoms with Crippen molar-refractivity contribution in [2.45, 2.75) is 25.3 Å². The minimum Gasteiger partial charge on any atom is -0.368 e. The van der Waals surface area contributed by atoms with Gasteiger partial charge in [0, 0.05) is 25.7 Å². The van der Waals surface area contributed by atoms with E-state index < -0.39 is 0 Å². The van der Waals surface area contributed by atoms with Gasteiger partial charge < -0.3 is 15.6 Å². The number of anilines is 2. The van der Waals surface area contributed by atoms with Crippen molar-refractivity contribution in [2.75, 3.05) is 36.8 Å². The Morgan fingerprint density at radius 3 is 3.10 bits per heavy atom. The summed E-state index contributed by atoms with van der Waals surface area (Å²) in [6, 6.07) is 0.645. The maximum atomic E-state index is 5.81. The Morgan fingerprint density at radius 1 is 1.20 bits per heavy atom. The molecule has 1 unspecified atom stereocenters. The van der Waals surface area contributed by atoms with Crippen molar-refractivity contribution in [3.8, 4) is 0 Å². The van der Waals surface area contributed by atoms with E-state index in [9.17, 15) is 0 Å². The monoisotopic (exact) mass is 273 g/mol. The van der Waals surface area contributed by atoms with Crippen molar-refractivity contribution in [2.24, 2.45) is 0 Å². The Hall–Kier alpha value is -1.89. The van der Waals surface area contributed by atoms with Crippen molar-refractivity contribution >= 4 is 22.9 Å². The van der Waals surface area contributed by atoms with Crippen LogP contribution in [0.4, 0.5) is 11.8 Å². The summed E-state index contributed by atoms with van der Waals surface area (Å²) in [4.78, 5) is 20.9. The average molecular weight is 273 g/mol. The number of rotatable bonds is 1. The number of imidazole rings is 1. The largest absolute Gasteiger partial charge is 0.368 e. The van der Waals surface area contributed by atoms with Gasteiger partial charge in [-0.25, -0.2) is 4.98 Å². The first kappa shape index (κ1) is 11.9. The van der Waals surface area contributed by atoms with E-state index in [1.54, 1.807) is 6.33 Å². The van der Waals surface area contributed by atoms with Crippen LogP contribution >= 0.6 is 0 Å². The number of nitrogens with one attached hydrogen (secondary N) is 1. The van der Waals surface area contributed by atoms with Gasteiger partial charge in [0.15, 0.2) is 11.5 Å². The van der Waals surface area contributed by atoms with Crippen LogP contribution in [0.1, 0.15) is 19.3 Å². The highest BCUT2D eigenvalue weighted by Crippen LogP contribution is 2.27. The Balaban J connectivity index is 1.67. The number of aromatic amines is 1. The number of piperazine rings is 1. The third-order valence-corrected chi connectivity index (χ3v) is 4.42. The summed E-state index contributed by atoms with van der Waals surface area (Å²) < 4.78 is 0. The number of nitrogens with zero attached hydrogens (tertiary/aromatic N) is 5. The molecule has 4 rings (SSSR count). The minimum atomic E-state index is 0.297. The molecule has 2 aromatic heterocycles. The molecule has 0 bridgehead atoms. The predicted molar refractivity (Wildman–Crippen MR) is 77.5 cm³/mol. The fourth-order valence-electron chi connectivity index (χ4n) is 3.41. The van der Waals surface area contributed by atoms with Gasteiger partial charge in [-0.05, 0) is 19.4 Å². The zero-order valence-electron chi connectivity index (χ0n) is 11.4. The molecule has 2 aromatic rings. The molecule has 0 amide bonds. The molecule has 0 radical (unpaired) electrons. The van der Waals surface area contributed by atoms with E-state index in [2.05, 4.69) is 29.7 Å². The Bertz CT molecular complexity index is 622. The molecule has 2 saturated heterocycles. The molecule has 1 atom stereocenters. The number of nitrogen functional groups attached to an aromatic ring is 1. The smallest absolute Gasteiger partial charge is 0.224 e. The fourth-order valence-corrected chi connectivity index (χ4v) is 3.41. The van der Waals surface area contributed by atoms with Gasteiger partial charge in [-0.2, -0.15) is 9.97 Å². The molecular weight excluding hydrogens is 254 g/mol. The number of nitrogens with two attached hydrogens (primary N) is 1. The first-order valence-corrected chi connectivity index (χ1v) is 7.27. The summed E-state index contributed by atoms with van der Waals surface area (Å²) in [5.41, 5.74) is 7.35. The lowest BCUT2D eigenvalue weighted by Gasteiger charge is -2.44. The molecule has 20 heavy (non-hydrogen) atoms. The van der Waals surface area contributed by atoms with Gasteiger partial charge in [0.25, 0.3) is 0 Å². The van der Waals surface area contributed by atoms with Gasteiger partial charge >= 0.3 is 0 Å². The molecule has 106 valence electrons. The van der Waals surface area contributed by atoms with E-state index in [1.165, 1.54) is 25.8 Å². The van der Waals surface area contributed by atoms with Crippen LogP contribution in [0.15, 0.2) is 6.33 Å². The maximum Gasteiger partial charge on any atom is 0.224 e. The number of hydrogen-bond donors (Lipinski definition) is 2. The molecule has 0 saturated carbocycles. The van der Waals surface area contributed by atoms with Crippen molar-refractivity contribution < 1.29 is 0 Å². The number of piperidine rings is 1. The Kier molecular flexibility index (Phi) is 2.73. The summed E-state index contributed by atoms with van der Waals surface area (Å²) in [7, 11) is 0. The van der Waals surface area contributed by atoms with E-state index in [4.69, 9.17) is 5.73 Å². The Labute approximate surface area is 117 Å². The predicted octanol–water partition coefficient (Wildman–Crippen LogP) is 0.610. The minimum absolute atomic E-state index is 0.297. The Morgan fingerprint density at radius 2 is 2.15 bits per heavy atom. The highest BCUT2D eigenvalue weighted by Gasteiger charge is 2.30. The normalized spacial score (nSPS) is 24.0. The molecule has 0 aromatic carbocycles. The van der Waals surface area contributed by atoms with Crippen molar-refractivity contribution in [1.82, 2.24) is 24.8 Å². The van der Waals surface area contributed by atoms with Crippen LogP contribution in [0.25, 0.3) is 11.2 Å². The number of H-pyrrole nitrogens is 1. The molecule has 7 heteroatoms. The van der Waals surface area contributed by atoms with Crippen LogP contribution in [0.5, 0.6) is 0 Å². The van der Waals surface area contributed by atoms with Crippen molar-refractivity contribution in [3.63, 3.8) is 0 Å². The van der Waals surface area contributed by atoms with Gasteiger partial charge in [0.2, 0.25) is 5.95 Å². The average Bonchev–Trinajstić information content (AvgIpc) is 2.94.